The largest absolute Gasteiger partial charge is 0.349 e. The number of nitrogens with one attached hydrogen (secondary N) is 2. The highest BCUT2D eigenvalue weighted by Gasteiger charge is 2.26. The van der Waals surface area contributed by atoms with Crippen LogP contribution in [0.4, 0.5) is 19.4 Å². The van der Waals surface area contributed by atoms with Crippen LogP contribution in [0.15, 0.2) is 35.4 Å². The summed E-state index contributed by atoms with van der Waals surface area (Å²) >= 11 is 0. The average Bonchev–Trinajstić information content (AvgIpc) is 3.17. The summed E-state index contributed by atoms with van der Waals surface area (Å²) in [6.07, 6.45) is 4.63. The standard InChI is InChI=1S/C21H18F2N6O3/c22-11-8-15(23)19(25-9-11)29-10-14(20(31)26-12-2-1-3-12)17(30)13-4-5-16(27-18(13)29)28-7-6-24-21(28)32/h4-5,8-10,12H,1-3,6-7H2,(H,24,32)(H,26,31). The third-order valence-corrected chi connectivity index (χ3v) is 5.67. The predicted molar refractivity (Wildman–Crippen MR) is 111 cm³/mol. The van der Waals surface area contributed by atoms with E-state index in [1.165, 1.54) is 17.0 Å². The van der Waals surface area contributed by atoms with Gasteiger partial charge in [0, 0.05) is 31.4 Å². The molecule has 32 heavy (non-hydrogen) atoms. The van der Waals surface area contributed by atoms with E-state index in [0.717, 1.165) is 36.2 Å². The highest BCUT2D eigenvalue weighted by Crippen LogP contribution is 2.23. The Hall–Kier alpha value is -3.89. The number of nitrogens with zero attached hydrogens (tertiary/aromatic N) is 4. The number of pyridine rings is 3. The topological polar surface area (TPSA) is 109 Å². The van der Waals surface area contributed by atoms with Crippen molar-refractivity contribution in [2.45, 2.75) is 25.3 Å². The summed E-state index contributed by atoms with van der Waals surface area (Å²) < 4.78 is 29.2. The van der Waals surface area contributed by atoms with Crippen molar-refractivity contribution < 1.29 is 18.4 Å². The molecule has 0 aromatic carbocycles. The maximum absolute atomic E-state index is 14.6. The number of anilines is 1. The fraction of sp³-hybridized carbons (Fsp3) is 0.286. The molecular formula is C21H18F2N6O3. The molecule has 5 rings (SSSR count). The molecule has 9 nitrogen and oxygen atoms in total. The van der Waals surface area contributed by atoms with Crippen molar-refractivity contribution >= 4 is 28.8 Å². The van der Waals surface area contributed by atoms with Gasteiger partial charge in [-0.25, -0.2) is 23.5 Å². The minimum atomic E-state index is -0.994. The number of aromatic nitrogens is 3. The van der Waals surface area contributed by atoms with Gasteiger partial charge in [-0.2, -0.15) is 0 Å². The molecule has 1 saturated heterocycles. The first-order chi connectivity index (χ1) is 15.4. The van der Waals surface area contributed by atoms with Gasteiger partial charge in [-0.15, -0.1) is 0 Å². The lowest BCUT2D eigenvalue weighted by Gasteiger charge is -2.26. The van der Waals surface area contributed by atoms with Crippen molar-refractivity contribution in [1.82, 2.24) is 25.2 Å². The molecule has 3 aromatic rings. The van der Waals surface area contributed by atoms with E-state index < -0.39 is 23.0 Å². The zero-order valence-electron chi connectivity index (χ0n) is 16.8. The third-order valence-electron chi connectivity index (χ3n) is 5.67. The molecule has 3 aromatic heterocycles. The third kappa shape index (κ3) is 3.35. The van der Waals surface area contributed by atoms with Gasteiger partial charge in [0.05, 0.1) is 11.6 Å². The van der Waals surface area contributed by atoms with Crippen molar-refractivity contribution in [2.24, 2.45) is 0 Å². The SMILES string of the molecule is O=C(NC1CCC1)c1cn(-c2ncc(F)cc2F)c2nc(N3CCNC3=O)ccc2c1=O. The molecule has 1 saturated carbocycles. The van der Waals surface area contributed by atoms with Crippen molar-refractivity contribution in [3.63, 3.8) is 0 Å². The number of urea groups is 1. The van der Waals surface area contributed by atoms with Crippen LogP contribution in [0.1, 0.15) is 29.6 Å². The van der Waals surface area contributed by atoms with E-state index in [-0.39, 0.29) is 40.3 Å². The Balaban J connectivity index is 1.72. The normalized spacial score (nSPS) is 16.2. The molecule has 0 spiro atoms. The first-order valence-corrected chi connectivity index (χ1v) is 10.2. The molecule has 3 amide bonds. The Bertz CT molecular complexity index is 1320. The fourth-order valence-corrected chi connectivity index (χ4v) is 3.76. The van der Waals surface area contributed by atoms with Gasteiger partial charge in [-0.3, -0.25) is 19.1 Å². The minimum Gasteiger partial charge on any atom is -0.349 e. The van der Waals surface area contributed by atoms with Crippen LogP contribution in [0.25, 0.3) is 16.9 Å². The van der Waals surface area contributed by atoms with Crippen LogP contribution in [-0.2, 0) is 0 Å². The number of hydrogen-bond acceptors (Lipinski definition) is 5. The van der Waals surface area contributed by atoms with Crippen LogP contribution in [0.2, 0.25) is 0 Å². The molecule has 0 bridgehead atoms. The van der Waals surface area contributed by atoms with Gasteiger partial charge < -0.3 is 10.6 Å². The molecule has 1 aliphatic heterocycles. The molecule has 2 fully saturated rings. The smallest absolute Gasteiger partial charge is 0.323 e. The molecule has 4 heterocycles. The second kappa shape index (κ2) is 7.66. The van der Waals surface area contributed by atoms with Crippen LogP contribution in [0, 0.1) is 11.6 Å². The quantitative estimate of drug-likeness (QED) is 0.644. The molecule has 0 unspecified atom stereocenters. The number of fused-ring (bicyclic) bond motifs is 1. The van der Waals surface area contributed by atoms with Gasteiger partial charge in [0.25, 0.3) is 5.91 Å². The monoisotopic (exact) mass is 440 g/mol. The van der Waals surface area contributed by atoms with E-state index in [0.29, 0.717) is 19.2 Å². The second-order valence-electron chi connectivity index (χ2n) is 7.73. The van der Waals surface area contributed by atoms with Gasteiger partial charge in [0.15, 0.2) is 17.3 Å². The van der Waals surface area contributed by atoms with Crippen LogP contribution in [-0.4, -0.2) is 45.6 Å². The Morgan fingerprint density at radius 2 is 2.03 bits per heavy atom. The number of hydrogen-bond donors (Lipinski definition) is 2. The van der Waals surface area contributed by atoms with E-state index >= 15 is 0 Å². The highest BCUT2D eigenvalue weighted by molar-refractivity contribution is 5.98. The number of amides is 3. The van der Waals surface area contributed by atoms with Crippen molar-refractivity contribution in [3.8, 4) is 5.82 Å². The number of rotatable bonds is 4. The van der Waals surface area contributed by atoms with E-state index in [2.05, 4.69) is 20.6 Å². The average molecular weight is 440 g/mol. The summed E-state index contributed by atoms with van der Waals surface area (Å²) in [4.78, 5) is 47.5. The fourth-order valence-electron chi connectivity index (χ4n) is 3.76. The molecule has 164 valence electrons. The zero-order chi connectivity index (χ0) is 22.4. The van der Waals surface area contributed by atoms with Crippen molar-refractivity contribution in [3.05, 3.63) is 58.0 Å². The molecule has 2 aliphatic rings. The first kappa shape index (κ1) is 20.0. The molecule has 0 radical (unpaired) electrons. The number of carbonyl (C=O) groups is 2. The Kier molecular flexibility index (Phi) is 4.80. The maximum atomic E-state index is 14.6. The minimum absolute atomic E-state index is 0.00889. The summed E-state index contributed by atoms with van der Waals surface area (Å²) in [6.45, 7) is 0.798. The maximum Gasteiger partial charge on any atom is 0.323 e. The lowest BCUT2D eigenvalue weighted by Crippen LogP contribution is -2.41. The van der Waals surface area contributed by atoms with Gasteiger partial charge in [0.1, 0.15) is 17.2 Å². The summed E-state index contributed by atoms with van der Waals surface area (Å²) in [7, 11) is 0. The van der Waals surface area contributed by atoms with Gasteiger partial charge in [-0.05, 0) is 31.4 Å². The molecule has 1 aliphatic carbocycles. The zero-order valence-corrected chi connectivity index (χ0v) is 16.8. The molecule has 11 heteroatoms. The summed E-state index contributed by atoms with van der Waals surface area (Å²) in [5, 5.41) is 5.49. The number of halogens is 2. The lowest BCUT2D eigenvalue weighted by atomic mass is 9.93. The van der Waals surface area contributed by atoms with Crippen LogP contribution in [0.5, 0.6) is 0 Å². The van der Waals surface area contributed by atoms with Crippen molar-refractivity contribution in [1.29, 1.82) is 0 Å². The van der Waals surface area contributed by atoms with E-state index in [1.54, 1.807) is 0 Å². The van der Waals surface area contributed by atoms with Gasteiger partial charge in [0.2, 0.25) is 5.43 Å². The van der Waals surface area contributed by atoms with Gasteiger partial charge in [-0.1, -0.05) is 0 Å². The Morgan fingerprint density at radius 1 is 1.22 bits per heavy atom. The van der Waals surface area contributed by atoms with Crippen LogP contribution in [0.3, 0.4) is 0 Å². The Labute approximate surface area is 180 Å². The van der Waals surface area contributed by atoms with E-state index in [1.807, 2.05) is 0 Å². The highest BCUT2D eigenvalue weighted by atomic mass is 19.1. The van der Waals surface area contributed by atoms with Crippen molar-refractivity contribution in [2.75, 3.05) is 18.0 Å². The van der Waals surface area contributed by atoms with Gasteiger partial charge >= 0.3 is 6.03 Å². The summed E-state index contributed by atoms with van der Waals surface area (Å²) in [5.74, 6) is -2.53. The first-order valence-electron chi connectivity index (χ1n) is 10.2. The molecular weight excluding hydrogens is 422 g/mol. The van der Waals surface area contributed by atoms with Crippen LogP contribution < -0.4 is 21.0 Å². The lowest BCUT2D eigenvalue weighted by molar-refractivity contribution is 0.0915. The predicted octanol–water partition coefficient (Wildman–Crippen LogP) is 1.87. The Morgan fingerprint density at radius 3 is 2.69 bits per heavy atom. The second-order valence-corrected chi connectivity index (χ2v) is 7.73. The summed E-state index contributed by atoms with van der Waals surface area (Å²) in [6, 6.07) is 3.21. The summed E-state index contributed by atoms with van der Waals surface area (Å²) in [5.41, 5.74) is -0.797. The molecule has 2 N–H and O–H groups in total. The van der Waals surface area contributed by atoms with E-state index in [4.69, 9.17) is 0 Å². The van der Waals surface area contributed by atoms with Crippen LogP contribution >= 0.6 is 0 Å². The number of carbonyl (C=O) groups excluding carboxylic acids is 2. The molecule has 0 atom stereocenters. The van der Waals surface area contributed by atoms with E-state index in [9.17, 15) is 23.2 Å².